The molecule has 0 fully saturated rings. The maximum atomic E-state index is 12.5. The maximum absolute atomic E-state index is 12.5. The highest BCUT2D eigenvalue weighted by molar-refractivity contribution is 7.95. The van der Waals surface area contributed by atoms with Crippen molar-refractivity contribution in [3.05, 3.63) is 64.6 Å². The highest BCUT2D eigenvalue weighted by atomic mass is 32.2. The van der Waals surface area contributed by atoms with Crippen LogP contribution in [-0.2, 0) is 9.84 Å². The molecule has 2 aromatic rings. The van der Waals surface area contributed by atoms with Crippen molar-refractivity contribution in [2.24, 2.45) is 0 Å². The fraction of sp³-hybridized carbons (Fsp3) is 0.111. The summed E-state index contributed by atoms with van der Waals surface area (Å²) in [5.41, 5.74) is 1.61. The Labute approximate surface area is 141 Å². The van der Waals surface area contributed by atoms with Gasteiger partial charge in [0.15, 0.2) is 0 Å². The minimum absolute atomic E-state index is 0.0585. The van der Waals surface area contributed by atoms with Crippen molar-refractivity contribution in [1.82, 2.24) is 0 Å². The van der Waals surface area contributed by atoms with Gasteiger partial charge in [0.25, 0.3) is 0 Å². The van der Waals surface area contributed by atoms with E-state index in [1.54, 1.807) is 47.4 Å². The monoisotopic (exact) mass is 337 g/mol. The summed E-state index contributed by atoms with van der Waals surface area (Å²) in [5.74, 6) is 0. The average Bonchev–Trinajstić information content (AvgIpc) is 2.59. The Hall–Kier alpha value is -3.09. The van der Waals surface area contributed by atoms with Gasteiger partial charge in [-0.1, -0.05) is 24.3 Å². The van der Waals surface area contributed by atoms with E-state index in [1.165, 1.54) is 18.2 Å². The Morgan fingerprint density at radius 1 is 1.08 bits per heavy atom. The summed E-state index contributed by atoms with van der Waals surface area (Å²) in [6.07, 6.45) is 1.28. The molecule has 0 aliphatic carbocycles. The number of sulfone groups is 1. The zero-order chi connectivity index (χ0) is 17.7. The average molecular weight is 337 g/mol. The fourth-order valence-electron chi connectivity index (χ4n) is 2.17. The third kappa shape index (κ3) is 3.45. The summed E-state index contributed by atoms with van der Waals surface area (Å²) >= 11 is 0. The van der Waals surface area contributed by atoms with Crippen LogP contribution in [0.25, 0.3) is 6.08 Å². The first kappa shape index (κ1) is 17.3. The smallest absolute Gasteiger partial charge is 0.216 e. The number of rotatable bonds is 4. The number of nitrogens with zero attached hydrogens (tertiary/aromatic N) is 3. The molecule has 2 rings (SSSR count). The highest BCUT2D eigenvalue weighted by Crippen LogP contribution is 2.24. The third-order valence-corrected chi connectivity index (χ3v) is 5.05. The Balaban J connectivity index is 2.53. The molecule has 24 heavy (non-hydrogen) atoms. The zero-order valence-corrected chi connectivity index (χ0v) is 14.1. The van der Waals surface area contributed by atoms with Crippen LogP contribution in [0.2, 0.25) is 0 Å². The molecule has 0 saturated carbocycles. The van der Waals surface area contributed by atoms with E-state index in [2.05, 4.69) is 6.07 Å². The number of allylic oxidation sites excluding steroid dienone is 1. The SMILES string of the molecule is CN(C)c1ccc(C=C(C#N)S(=O)(=O)c2ccccc2)cc1C#N. The molecule has 2 aromatic carbocycles. The van der Waals surface area contributed by atoms with Crippen molar-refractivity contribution in [2.75, 3.05) is 19.0 Å². The van der Waals surface area contributed by atoms with Crippen LogP contribution in [0.4, 0.5) is 5.69 Å². The van der Waals surface area contributed by atoms with Gasteiger partial charge in [-0.2, -0.15) is 10.5 Å². The van der Waals surface area contributed by atoms with E-state index >= 15 is 0 Å². The number of benzene rings is 2. The van der Waals surface area contributed by atoms with E-state index in [0.29, 0.717) is 11.1 Å². The maximum Gasteiger partial charge on any atom is 0.216 e. The molecule has 0 saturated heterocycles. The van der Waals surface area contributed by atoms with Gasteiger partial charge in [0.05, 0.1) is 16.1 Å². The summed E-state index contributed by atoms with van der Waals surface area (Å²) in [6.45, 7) is 0. The molecule has 0 N–H and O–H groups in total. The Bertz CT molecular complexity index is 964. The molecule has 5 nitrogen and oxygen atoms in total. The van der Waals surface area contributed by atoms with Gasteiger partial charge in [-0.15, -0.1) is 0 Å². The van der Waals surface area contributed by atoms with E-state index in [0.717, 1.165) is 5.69 Å². The quantitative estimate of drug-likeness (QED) is 0.801. The normalized spacial score (nSPS) is 11.4. The van der Waals surface area contributed by atoms with Crippen LogP contribution in [0.15, 0.2) is 58.3 Å². The van der Waals surface area contributed by atoms with Gasteiger partial charge in [0.2, 0.25) is 9.84 Å². The number of anilines is 1. The molecule has 0 heterocycles. The Morgan fingerprint density at radius 2 is 1.75 bits per heavy atom. The van der Waals surface area contributed by atoms with Gasteiger partial charge in [-0.05, 0) is 35.9 Å². The van der Waals surface area contributed by atoms with Gasteiger partial charge >= 0.3 is 0 Å². The minimum atomic E-state index is -3.89. The van der Waals surface area contributed by atoms with Crippen LogP contribution in [0.5, 0.6) is 0 Å². The topological polar surface area (TPSA) is 85.0 Å². The first-order valence-electron chi connectivity index (χ1n) is 7.03. The second-order valence-electron chi connectivity index (χ2n) is 5.22. The molecule has 6 heteroatoms. The second-order valence-corrected chi connectivity index (χ2v) is 7.14. The van der Waals surface area contributed by atoms with Crippen molar-refractivity contribution in [1.29, 1.82) is 10.5 Å². The van der Waals surface area contributed by atoms with E-state index in [4.69, 9.17) is 0 Å². The standard InChI is InChI=1S/C18H15N3O2S/c1-21(2)18-9-8-14(10-15(18)12-19)11-17(13-20)24(22,23)16-6-4-3-5-7-16/h3-11H,1-2H3. The molecule has 0 bridgehead atoms. The Morgan fingerprint density at radius 3 is 2.29 bits per heavy atom. The first-order chi connectivity index (χ1) is 11.4. The molecule has 0 unspecified atom stereocenters. The number of nitriles is 2. The highest BCUT2D eigenvalue weighted by Gasteiger charge is 2.20. The lowest BCUT2D eigenvalue weighted by molar-refractivity contribution is 0.603. The van der Waals surface area contributed by atoms with Gasteiger partial charge < -0.3 is 4.90 Å². The molecule has 0 spiro atoms. The molecule has 0 amide bonds. The van der Waals surface area contributed by atoms with E-state index < -0.39 is 9.84 Å². The number of hydrogen-bond donors (Lipinski definition) is 0. The van der Waals surface area contributed by atoms with Crippen LogP contribution < -0.4 is 4.90 Å². The lowest BCUT2D eigenvalue weighted by Gasteiger charge is -2.14. The van der Waals surface area contributed by atoms with Crippen molar-refractivity contribution >= 4 is 21.6 Å². The predicted octanol–water partition coefficient (Wildman–Crippen LogP) is 2.96. The van der Waals surface area contributed by atoms with Crippen LogP contribution in [0.3, 0.4) is 0 Å². The van der Waals surface area contributed by atoms with Crippen LogP contribution in [0, 0.1) is 22.7 Å². The molecule has 0 aromatic heterocycles. The van der Waals surface area contributed by atoms with Gasteiger partial charge in [-0.3, -0.25) is 0 Å². The zero-order valence-electron chi connectivity index (χ0n) is 13.3. The second kappa shape index (κ2) is 6.99. The first-order valence-corrected chi connectivity index (χ1v) is 8.52. The molecule has 0 aliphatic heterocycles. The largest absolute Gasteiger partial charge is 0.377 e. The summed E-state index contributed by atoms with van der Waals surface area (Å²) in [5, 5.41) is 18.5. The lowest BCUT2D eigenvalue weighted by Crippen LogP contribution is -2.10. The molecule has 0 radical (unpaired) electrons. The van der Waals surface area contributed by atoms with E-state index in [1.807, 2.05) is 14.1 Å². The fourth-order valence-corrected chi connectivity index (χ4v) is 3.35. The molecule has 0 atom stereocenters. The lowest BCUT2D eigenvalue weighted by atomic mass is 10.1. The number of hydrogen-bond acceptors (Lipinski definition) is 5. The van der Waals surface area contributed by atoms with Crippen LogP contribution in [-0.4, -0.2) is 22.5 Å². The molecular formula is C18H15N3O2S. The van der Waals surface area contributed by atoms with Gasteiger partial charge in [0, 0.05) is 14.1 Å². The minimum Gasteiger partial charge on any atom is -0.377 e. The van der Waals surface area contributed by atoms with Crippen LogP contribution in [0.1, 0.15) is 11.1 Å². The van der Waals surface area contributed by atoms with Crippen molar-refractivity contribution in [2.45, 2.75) is 4.90 Å². The predicted molar refractivity (Wildman–Crippen MR) is 92.7 cm³/mol. The Kier molecular flexibility index (Phi) is 5.03. The molecular weight excluding hydrogens is 322 g/mol. The molecule has 120 valence electrons. The van der Waals surface area contributed by atoms with Crippen LogP contribution >= 0.6 is 0 Å². The molecule has 0 aliphatic rings. The van der Waals surface area contributed by atoms with Crippen molar-refractivity contribution in [3.8, 4) is 12.1 Å². The summed E-state index contributed by atoms with van der Waals surface area (Å²) in [7, 11) is -0.265. The summed E-state index contributed by atoms with van der Waals surface area (Å²) in [4.78, 5) is 1.48. The van der Waals surface area contributed by atoms with Crippen molar-refractivity contribution in [3.63, 3.8) is 0 Å². The summed E-state index contributed by atoms with van der Waals surface area (Å²) in [6, 6.07) is 16.6. The van der Waals surface area contributed by atoms with Gasteiger partial charge in [-0.25, -0.2) is 8.42 Å². The van der Waals surface area contributed by atoms with E-state index in [-0.39, 0.29) is 9.80 Å². The van der Waals surface area contributed by atoms with Gasteiger partial charge in [0.1, 0.15) is 17.0 Å². The van der Waals surface area contributed by atoms with Crippen molar-refractivity contribution < 1.29 is 8.42 Å². The summed E-state index contributed by atoms with van der Waals surface area (Å²) < 4.78 is 25.1. The third-order valence-electron chi connectivity index (χ3n) is 3.37. The van der Waals surface area contributed by atoms with E-state index in [9.17, 15) is 18.9 Å².